The quantitative estimate of drug-likeness (QED) is 0.662. The van der Waals surface area contributed by atoms with Crippen molar-refractivity contribution in [3.63, 3.8) is 0 Å². The fourth-order valence-electron chi connectivity index (χ4n) is 3.72. The van der Waals surface area contributed by atoms with Gasteiger partial charge in [0.15, 0.2) is 0 Å². The molecular formula is C15H28O. The van der Waals surface area contributed by atoms with Crippen LogP contribution < -0.4 is 0 Å². The van der Waals surface area contributed by atoms with Crippen molar-refractivity contribution in [3.8, 4) is 0 Å². The van der Waals surface area contributed by atoms with Gasteiger partial charge in [0.2, 0.25) is 0 Å². The molecule has 0 amide bonds. The van der Waals surface area contributed by atoms with Crippen LogP contribution in [0.2, 0.25) is 0 Å². The summed E-state index contributed by atoms with van der Waals surface area (Å²) in [5.74, 6) is 0. The summed E-state index contributed by atoms with van der Waals surface area (Å²) in [6.07, 6.45) is 15.6. The molecule has 3 rings (SSSR count). The monoisotopic (exact) mass is 224 g/mol. The highest BCUT2D eigenvalue weighted by atomic mass is 16.3. The zero-order chi connectivity index (χ0) is 11.5. The number of rotatable bonds is 6. The number of hydrogen-bond acceptors (Lipinski definition) is 1. The Morgan fingerprint density at radius 3 is 1.94 bits per heavy atom. The molecule has 0 aromatic carbocycles. The van der Waals surface area contributed by atoms with E-state index in [1.165, 1.54) is 57.8 Å². The third-order valence-electron chi connectivity index (χ3n) is 5.17. The SMILES string of the molecule is CCCCCCCC12CCC(O)(CC1)CC2. The van der Waals surface area contributed by atoms with Crippen molar-refractivity contribution in [2.24, 2.45) is 5.41 Å². The number of unbranched alkanes of at least 4 members (excludes halogenated alkanes) is 4. The molecule has 0 aromatic rings. The number of hydrogen-bond donors (Lipinski definition) is 1. The molecule has 1 heteroatoms. The highest BCUT2D eigenvalue weighted by Gasteiger charge is 2.46. The molecule has 3 aliphatic carbocycles. The van der Waals surface area contributed by atoms with Crippen molar-refractivity contribution in [2.75, 3.05) is 0 Å². The van der Waals surface area contributed by atoms with E-state index >= 15 is 0 Å². The van der Waals surface area contributed by atoms with Crippen LogP contribution in [0, 0.1) is 5.41 Å². The molecule has 1 nitrogen and oxygen atoms in total. The lowest BCUT2D eigenvalue weighted by molar-refractivity contribution is -0.0948. The Hall–Kier alpha value is -0.0400. The second-order valence-electron chi connectivity index (χ2n) is 6.39. The predicted molar refractivity (Wildman–Crippen MR) is 68.5 cm³/mol. The highest BCUT2D eigenvalue weighted by molar-refractivity contribution is 4.99. The molecule has 3 aliphatic rings. The van der Waals surface area contributed by atoms with Crippen molar-refractivity contribution in [1.82, 2.24) is 0 Å². The number of aliphatic hydroxyl groups is 1. The van der Waals surface area contributed by atoms with Gasteiger partial charge in [-0.2, -0.15) is 0 Å². The van der Waals surface area contributed by atoms with Crippen molar-refractivity contribution in [3.05, 3.63) is 0 Å². The van der Waals surface area contributed by atoms with Gasteiger partial charge in [0.05, 0.1) is 5.60 Å². The van der Waals surface area contributed by atoms with Gasteiger partial charge in [-0.3, -0.25) is 0 Å². The molecule has 3 fully saturated rings. The standard InChI is InChI=1S/C15H28O/c1-2-3-4-5-6-7-14-8-11-15(16,12-9-14)13-10-14/h16H,2-13H2,1H3. The molecule has 0 unspecified atom stereocenters. The van der Waals surface area contributed by atoms with Crippen LogP contribution in [0.5, 0.6) is 0 Å². The van der Waals surface area contributed by atoms with Crippen molar-refractivity contribution < 1.29 is 5.11 Å². The lowest BCUT2D eigenvalue weighted by atomic mass is 9.57. The summed E-state index contributed by atoms with van der Waals surface area (Å²) in [4.78, 5) is 0. The molecule has 3 saturated carbocycles. The fraction of sp³-hybridized carbons (Fsp3) is 1.00. The van der Waals surface area contributed by atoms with E-state index in [0.717, 1.165) is 19.3 Å². The molecule has 1 N–H and O–H groups in total. The summed E-state index contributed by atoms with van der Waals surface area (Å²) in [5.41, 5.74) is 0.403. The normalized spacial score (nSPS) is 37.9. The van der Waals surface area contributed by atoms with Crippen LogP contribution in [0.3, 0.4) is 0 Å². The molecule has 0 heterocycles. The van der Waals surface area contributed by atoms with E-state index in [2.05, 4.69) is 6.92 Å². The largest absolute Gasteiger partial charge is 0.390 e. The summed E-state index contributed by atoms with van der Waals surface area (Å²) in [7, 11) is 0. The van der Waals surface area contributed by atoms with Crippen molar-refractivity contribution >= 4 is 0 Å². The molecule has 16 heavy (non-hydrogen) atoms. The lowest BCUT2D eigenvalue weighted by Gasteiger charge is -2.51. The topological polar surface area (TPSA) is 20.2 Å². The van der Waals surface area contributed by atoms with E-state index in [9.17, 15) is 5.11 Å². The molecule has 2 bridgehead atoms. The van der Waals surface area contributed by atoms with Gasteiger partial charge in [0, 0.05) is 0 Å². The van der Waals surface area contributed by atoms with Crippen LogP contribution in [0.25, 0.3) is 0 Å². The van der Waals surface area contributed by atoms with E-state index in [4.69, 9.17) is 0 Å². The maximum atomic E-state index is 10.2. The van der Waals surface area contributed by atoms with E-state index in [0.29, 0.717) is 5.41 Å². The fourth-order valence-corrected chi connectivity index (χ4v) is 3.72. The van der Waals surface area contributed by atoms with Crippen LogP contribution >= 0.6 is 0 Å². The van der Waals surface area contributed by atoms with Gasteiger partial charge < -0.3 is 5.11 Å². The van der Waals surface area contributed by atoms with Gasteiger partial charge in [-0.1, -0.05) is 39.0 Å². The summed E-state index contributed by atoms with van der Waals surface area (Å²) in [6.45, 7) is 2.28. The first-order chi connectivity index (χ1) is 7.68. The van der Waals surface area contributed by atoms with E-state index < -0.39 is 0 Å². The molecule has 0 saturated heterocycles. The van der Waals surface area contributed by atoms with Crippen LogP contribution in [0.15, 0.2) is 0 Å². The van der Waals surface area contributed by atoms with Crippen LogP contribution in [0.1, 0.15) is 84.0 Å². The van der Waals surface area contributed by atoms with E-state index in [1.807, 2.05) is 0 Å². The Morgan fingerprint density at radius 2 is 1.38 bits per heavy atom. The Morgan fingerprint density at radius 1 is 0.812 bits per heavy atom. The Kier molecular flexibility index (Phi) is 3.94. The first-order valence-electron chi connectivity index (χ1n) is 7.41. The van der Waals surface area contributed by atoms with Gasteiger partial charge >= 0.3 is 0 Å². The predicted octanol–water partition coefficient (Wildman–Crippen LogP) is 4.43. The molecule has 0 aliphatic heterocycles. The number of fused-ring (bicyclic) bond motifs is 3. The van der Waals surface area contributed by atoms with Gasteiger partial charge in [-0.05, 0) is 50.4 Å². The zero-order valence-electron chi connectivity index (χ0n) is 10.9. The Bertz CT molecular complexity index is 197. The first kappa shape index (κ1) is 12.4. The summed E-state index contributed by atoms with van der Waals surface area (Å²) >= 11 is 0. The smallest absolute Gasteiger partial charge is 0.0648 e. The molecular weight excluding hydrogens is 196 g/mol. The average molecular weight is 224 g/mol. The minimum Gasteiger partial charge on any atom is -0.390 e. The minimum absolute atomic E-state index is 0.246. The van der Waals surface area contributed by atoms with Crippen LogP contribution in [0.4, 0.5) is 0 Å². The molecule has 0 radical (unpaired) electrons. The minimum atomic E-state index is -0.246. The summed E-state index contributed by atoms with van der Waals surface area (Å²) < 4.78 is 0. The van der Waals surface area contributed by atoms with Crippen LogP contribution in [-0.4, -0.2) is 10.7 Å². The summed E-state index contributed by atoms with van der Waals surface area (Å²) in [5, 5.41) is 10.2. The Balaban J connectivity index is 1.69. The third-order valence-corrected chi connectivity index (χ3v) is 5.17. The lowest BCUT2D eigenvalue weighted by Crippen LogP contribution is -2.45. The van der Waals surface area contributed by atoms with Crippen molar-refractivity contribution in [1.29, 1.82) is 0 Å². The van der Waals surface area contributed by atoms with Gasteiger partial charge in [0.1, 0.15) is 0 Å². The maximum Gasteiger partial charge on any atom is 0.0648 e. The van der Waals surface area contributed by atoms with Crippen molar-refractivity contribution in [2.45, 2.75) is 89.6 Å². The van der Waals surface area contributed by atoms with Crippen LogP contribution in [-0.2, 0) is 0 Å². The van der Waals surface area contributed by atoms with Gasteiger partial charge in [0.25, 0.3) is 0 Å². The molecule has 94 valence electrons. The molecule has 0 atom stereocenters. The Labute approximate surface area is 101 Å². The zero-order valence-corrected chi connectivity index (χ0v) is 10.9. The highest BCUT2D eigenvalue weighted by Crippen LogP contribution is 2.54. The van der Waals surface area contributed by atoms with Gasteiger partial charge in [-0.15, -0.1) is 0 Å². The van der Waals surface area contributed by atoms with E-state index in [-0.39, 0.29) is 5.60 Å². The third kappa shape index (κ3) is 2.80. The summed E-state index contributed by atoms with van der Waals surface area (Å²) in [6, 6.07) is 0. The molecule has 0 aromatic heterocycles. The first-order valence-corrected chi connectivity index (χ1v) is 7.41. The maximum absolute atomic E-state index is 10.2. The van der Waals surface area contributed by atoms with E-state index in [1.54, 1.807) is 0 Å². The average Bonchev–Trinajstić information content (AvgIpc) is 2.31. The van der Waals surface area contributed by atoms with Gasteiger partial charge in [-0.25, -0.2) is 0 Å². The second-order valence-corrected chi connectivity index (χ2v) is 6.39. The second kappa shape index (κ2) is 5.08. The molecule has 0 spiro atoms.